The van der Waals surface area contributed by atoms with Crippen molar-refractivity contribution < 1.29 is 8.42 Å². The molecule has 0 N–H and O–H groups in total. The van der Waals surface area contributed by atoms with Crippen molar-refractivity contribution in [3.63, 3.8) is 0 Å². The Kier molecular flexibility index (Phi) is 3.49. The van der Waals surface area contributed by atoms with Gasteiger partial charge in [0.25, 0.3) is 0 Å². The summed E-state index contributed by atoms with van der Waals surface area (Å²) >= 11 is 0. The molecular formula is C14H18N2O2S. The maximum Gasteiger partial charge on any atom is 0.175 e. The van der Waals surface area contributed by atoms with Crippen LogP contribution >= 0.6 is 0 Å². The van der Waals surface area contributed by atoms with E-state index in [4.69, 9.17) is 0 Å². The van der Waals surface area contributed by atoms with Gasteiger partial charge in [0.15, 0.2) is 9.84 Å². The summed E-state index contributed by atoms with van der Waals surface area (Å²) in [6.07, 6.45) is 4.86. The number of aromatic nitrogens is 2. The Morgan fingerprint density at radius 3 is 2.37 bits per heavy atom. The molecule has 0 aliphatic rings. The minimum Gasteiger partial charge on any atom is -0.275 e. The van der Waals surface area contributed by atoms with E-state index in [0.717, 1.165) is 16.7 Å². The molecule has 102 valence electrons. The summed E-state index contributed by atoms with van der Waals surface area (Å²) in [4.78, 5) is 0.406. The third-order valence-corrected chi connectivity index (χ3v) is 4.23. The zero-order chi connectivity index (χ0) is 14.2. The molecule has 0 fully saturated rings. The molecule has 0 bridgehead atoms. The number of nitrogens with zero attached hydrogens (tertiary/aromatic N) is 2. The van der Waals surface area contributed by atoms with Crippen molar-refractivity contribution in [2.75, 3.05) is 6.26 Å². The molecule has 4 nitrogen and oxygen atoms in total. The number of rotatable bonds is 3. The molecule has 1 aromatic carbocycles. The lowest BCUT2D eigenvalue weighted by Crippen LogP contribution is -2.04. The molecule has 0 aliphatic heterocycles. The Bertz CT molecular complexity index is 700. The lowest BCUT2D eigenvalue weighted by Gasteiger charge is -2.12. The highest BCUT2D eigenvalue weighted by Gasteiger charge is 2.17. The van der Waals surface area contributed by atoms with Crippen LogP contribution in [0.15, 0.2) is 35.5 Å². The Morgan fingerprint density at radius 2 is 1.89 bits per heavy atom. The second kappa shape index (κ2) is 4.81. The number of hydrogen-bond acceptors (Lipinski definition) is 3. The Hall–Kier alpha value is -1.62. The minimum atomic E-state index is -3.23. The molecule has 0 spiro atoms. The van der Waals surface area contributed by atoms with Crippen molar-refractivity contribution in [1.29, 1.82) is 0 Å². The second-order valence-electron chi connectivity index (χ2n) is 5.08. The molecule has 1 aromatic heterocycles. The first kappa shape index (κ1) is 13.8. The summed E-state index contributed by atoms with van der Waals surface area (Å²) in [7, 11) is -1.39. The summed E-state index contributed by atoms with van der Waals surface area (Å²) in [6, 6.07) is 5.58. The van der Waals surface area contributed by atoms with Crippen LogP contribution in [0, 0.1) is 0 Å². The SMILES string of the molecule is CC(C)c1ccc(-c2cnn(C)c2)cc1S(C)(=O)=O. The first-order valence-electron chi connectivity index (χ1n) is 6.12. The van der Waals surface area contributed by atoms with Gasteiger partial charge in [-0.2, -0.15) is 5.10 Å². The van der Waals surface area contributed by atoms with Crippen molar-refractivity contribution in [1.82, 2.24) is 9.78 Å². The van der Waals surface area contributed by atoms with Crippen LogP contribution in [0.2, 0.25) is 0 Å². The van der Waals surface area contributed by atoms with Crippen LogP contribution < -0.4 is 0 Å². The predicted octanol–water partition coefficient (Wildman–Crippen LogP) is 2.61. The van der Waals surface area contributed by atoms with Crippen LogP contribution in [-0.4, -0.2) is 24.5 Å². The average molecular weight is 278 g/mol. The highest BCUT2D eigenvalue weighted by Crippen LogP contribution is 2.29. The number of hydrogen-bond donors (Lipinski definition) is 0. The van der Waals surface area contributed by atoms with Gasteiger partial charge in [-0.25, -0.2) is 8.42 Å². The van der Waals surface area contributed by atoms with Gasteiger partial charge in [-0.1, -0.05) is 26.0 Å². The molecule has 0 radical (unpaired) electrons. The molecule has 0 atom stereocenters. The van der Waals surface area contributed by atoms with Crippen LogP contribution in [0.3, 0.4) is 0 Å². The van der Waals surface area contributed by atoms with Crippen LogP contribution in [0.5, 0.6) is 0 Å². The maximum absolute atomic E-state index is 11.9. The monoisotopic (exact) mass is 278 g/mol. The number of benzene rings is 1. The normalized spacial score (nSPS) is 12.1. The molecule has 0 unspecified atom stereocenters. The average Bonchev–Trinajstić information content (AvgIpc) is 2.74. The van der Waals surface area contributed by atoms with Crippen molar-refractivity contribution in [3.05, 3.63) is 36.2 Å². The Morgan fingerprint density at radius 1 is 1.21 bits per heavy atom. The topological polar surface area (TPSA) is 52.0 Å². The maximum atomic E-state index is 11.9. The first-order valence-corrected chi connectivity index (χ1v) is 8.01. The van der Waals surface area contributed by atoms with Gasteiger partial charge in [-0.3, -0.25) is 4.68 Å². The van der Waals surface area contributed by atoms with Gasteiger partial charge in [0.2, 0.25) is 0 Å². The van der Waals surface area contributed by atoms with Gasteiger partial charge >= 0.3 is 0 Å². The smallest absolute Gasteiger partial charge is 0.175 e. The summed E-state index contributed by atoms with van der Waals surface area (Å²) in [6.45, 7) is 3.99. The van der Waals surface area contributed by atoms with E-state index in [1.807, 2.05) is 39.2 Å². The highest BCUT2D eigenvalue weighted by atomic mass is 32.2. The lowest BCUT2D eigenvalue weighted by molar-refractivity contribution is 0.599. The van der Waals surface area contributed by atoms with Gasteiger partial charge in [0.05, 0.1) is 11.1 Å². The van der Waals surface area contributed by atoms with Crippen LogP contribution in [-0.2, 0) is 16.9 Å². The standard InChI is InChI=1S/C14H18N2O2S/c1-10(2)13-6-5-11(7-14(13)19(4,17)18)12-8-15-16(3)9-12/h5-10H,1-4H3. The fourth-order valence-corrected chi connectivity index (χ4v) is 3.16. The molecule has 2 rings (SSSR count). The van der Waals surface area contributed by atoms with Gasteiger partial charge in [0, 0.05) is 25.1 Å². The van der Waals surface area contributed by atoms with E-state index in [-0.39, 0.29) is 5.92 Å². The van der Waals surface area contributed by atoms with E-state index in [0.29, 0.717) is 4.90 Å². The Balaban J connectivity index is 2.62. The van der Waals surface area contributed by atoms with Gasteiger partial charge in [-0.05, 0) is 23.1 Å². The van der Waals surface area contributed by atoms with E-state index in [1.54, 1.807) is 16.9 Å². The number of sulfone groups is 1. The summed E-state index contributed by atoms with van der Waals surface area (Å²) < 4.78 is 25.6. The van der Waals surface area contributed by atoms with Crippen LogP contribution in [0.1, 0.15) is 25.3 Å². The quantitative estimate of drug-likeness (QED) is 0.867. The van der Waals surface area contributed by atoms with E-state index in [1.165, 1.54) is 6.26 Å². The molecule has 2 aromatic rings. The lowest BCUT2D eigenvalue weighted by atomic mass is 10.00. The largest absolute Gasteiger partial charge is 0.275 e. The number of aryl methyl sites for hydroxylation is 1. The highest BCUT2D eigenvalue weighted by molar-refractivity contribution is 7.90. The van der Waals surface area contributed by atoms with E-state index < -0.39 is 9.84 Å². The second-order valence-corrected chi connectivity index (χ2v) is 7.07. The fourth-order valence-electron chi connectivity index (χ4n) is 2.08. The molecule has 19 heavy (non-hydrogen) atoms. The van der Waals surface area contributed by atoms with E-state index in [9.17, 15) is 8.42 Å². The molecule has 5 heteroatoms. The molecule has 0 saturated heterocycles. The van der Waals surface area contributed by atoms with Crippen LogP contribution in [0.25, 0.3) is 11.1 Å². The summed E-state index contributed by atoms with van der Waals surface area (Å²) in [5.41, 5.74) is 2.65. The molecule has 0 amide bonds. The Labute approximate surface area is 114 Å². The van der Waals surface area contributed by atoms with Crippen molar-refractivity contribution in [3.8, 4) is 11.1 Å². The third-order valence-electron chi connectivity index (χ3n) is 3.07. The zero-order valence-corrected chi connectivity index (χ0v) is 12.4. The molecule has 1 heterocycles. The molecular weight excluding hydrogens is 260 g/mol. The van der Waals surface area contributed by atoms with Crippen molar-refractivity contribution in [2.24, 2.45) is 7.05 Å². The fraction of sp³-hybridized carbons (Fsp3) is 0.357. The molecule has 0 aliphatic carbocycles. The minimum absolute atomic E-state index is 0.174. The predicted molar refractivity (Wildman–Crippen MR) is 75.8 cm³/mol. The summed E-state index contributed by atoms with van der Waals surface area (Å²) in [5.74, 6) is 0.174. The summed E-state index contributed by atoms with van der Waals surface area (Å²) in [5, 5.41) is 4.11. The zero-order valence-electron chi connectivity index (χ0n) is 11.6. The van der Waals surface area contributed by atoms with E-state index >= 15 is 0 Å². The van der Waals surface area contributed by atoms with Gasteiger partial charge in [0.1, 0.15) is 0 Å². The van der Waals surface area contributed by atoms with Gasteiger partial charge < -0.3 is 0 Å². The van der Waals surface area contributed by atoms with Crippen molar-refractivity contribution in [2.45, 2.75) is 24.7 Å². The third kappa shape index (κ3) is 2.87. The van der Waals surface area contributed by atoms with E-state index in [2.05, 4.69) is 5.10 Å². The first-order chi connectivity index (χ1) is 8.79. The van der Waals surface area contributed by atoms with Crippen molar-refractivity contribution >= 4 is 9.84 Å². The van der Waals surface area contributed by atoms with Gasteiger partial charge in [-0.15, -0.1) is 0 Å². The van der Waals surface area contributed by atoms with Crippen LogP contribution in [0.4, 0.5) is 0 Å². The molecule has 0 saturated carbocycles.